The Balaban J connectivity index is 1.39. The number of likely N-dealkylation sites (tertiary alicyclic amines) is 1. The Morgan fingerprint density at radius 1 is 1.11 bits per heavy atom. The molecule has 7 heteroatoms. The summed E-state index contributed by atoms with van der Waals surface area (Å²) >= 11 is 0. The number of ether oxygens (including phenoxy) is 1. The normalized spacial score (nSPS) is 20.8. The molecule has 1 aromatic carbocycles. The number of amides is 3. The second-order valence-corrected chi connectivity index (χ2v) is 7.10. The lowest BCUT2D eigenvalue weighted by atomic mass is 9.85. The van der Waals surface area contributed by atoms with E-state index in [-0.39, 0.29) is 43.2 Å². The Kier molecular flexibility index (Phi) is 6.23. The molecule has 2 aliphatic rings. The highest BCUT2D eigenvalue weighted by Gasteiger charge is 2.46. The van der Waals surface area contributed by atoms with Crippen LogP contribution in [0.5, 0.6) is 0 Å². The molecule has 1 saturated heterocycles. The zero-order valence-corrected chi connectivity index (χ0v) is 15.8. The number of carbonyl (C=O) groups is 4. The summed E-state index contributed by atoms with van der Waals surface area (Å²) in [4.78, 5) is 49.6. The third-order valence-electron chi connectivity index (χ3n) is 5.24. The van der Waals surface area contributed by atoms with Gasteiger partial charge in [0.25, 0.3) is 5.91 Å². The largest absolute Gasteiger partial charge is 0.456 e. The molecule has 0 aromatic heterocycles. The Morgan fingerprint density at radius 2 is 1.75 bits per heavy atom. The van der Waals surface area contributed by atoms with Crippen LogP contribution in [-0.4, -0.2) is 41.7 Å². The van der Waals surface area contributed by atoms with Gasteiger partial charge in [-0.05, 0) is 30.9 Å². The Bertz CT molecular complexity index is 791. The standard InChI is InChI=1S/C21H24N2O5/c1-14-6-2-3-7-15(14)12-22-18(24)13-28-19(25)10-11-23-20(26)16-8-4-5-9-17(16)21(23)27/h2-7,16-17H,8-13H2,1H3,(H,22,24)/t16-,17-/m0/s1. The van der Waals surface area contributed by atoms with Crippen molar-refractivity contribution in [1.82, 2.24) is 10.2 Å². The van der Waals surface area contributed by atoms with Gasteiger partial charge in [-0.15, -0.1) is 0 Å². The molecule has 3 amide bonds. The first-order valence-electron chi connectivity index (χ1n) is 9.44. The molecule has 0 bridgehead atoms. The summed E-state index contributed by atoms with van der Waals surface area (Å²) in [6.45, 7) is 1.92. The predicted molar refractivity (Wildman–Crippen MR) is 101 cm³/mol. The Morgan fingerprint density at radius 3 is 2.39 bits per heavy atom. The topological polar surface area (TPSA) is 92.8 Å². The summed E-state index contributed by atoms with van der Waals surface area (Å²) in [6, 6.07) is 7.68. The van der Waals surface area contributed by atoms with Crippen molar-refractivity contribution in [3.05, 3.63) is 47.5 Å². The average Bonchev–Trinajstić information content (AvgIpc) is 2.94. The van der Waals surface area contributed by atoms with Crippen molar-refractivity contribution in [3.63, 3.8) is 0 Å². The highest BCUT2D eigenvalue weighted by atomic mass is 16.5. The second-order valence-electron chi connectivity index (χ2n) is 7.10. The lowest BCUT2D eigenvalue weighted by molar-refractivity contribution is -0.150. The van der Waals surface area contributed by atoms with Crippen LogP contribution in [0.3, 0.4) is 0 Å². The second kappa shape index (κ2) is 8.82. The molecule has 148 valence electrons. The van der Waals surface area contributed by atoms with Crippen LogP contribution in [0.4, 0.5) is 0 Å². The maximum atomic E-state index is 12.3. The molecule has 1 aromatic rings. The number of esters is 1. The molecule has 0 spiro atoms. The zero-order valence-electron chi connectivity index (χ0n) is 15.8. The molecule has 7 nitrogen and oxygen atoms in total. The van der Waals surface area contributed by atoms with Crippen LogP contribution in [0.25, 0.3) is 0 Å². The average molecular weight is 384 g/mol. The van der Waals surface area contributed by atoms with Gasteiger partial charge in [-0.25, -0.2) is 0 Å². The van der Waals surface area contributed by atoms with Crippen molar-refractivity contribution in [2.24, 2.45) is 11.8 Å². The van der Waals surface area contributed by atoms with Gasteiger partial charge < -0.3 is 10.1 Å². The van der Waals surface area contributed by atoms with E-state index in [1.807, 2.05) is 43.3 Å². The molecule has 0 unspecified atom stereocenters. The zero-order chi connectivity index (χ0) is 20.1. The number of allylic oxidation sites excluding steroid dienone is 2. The Labute approximate surface area is 163 Å². The Hall–Kier alpha value is -2.96. The number of aryl methyl sites for hydroxylation is 1. The molecule has 28 heavy (non-hydrogen) atoms. The van der Waals surface area contributed by atoms with Crippen molar-refractivity contribution in [1.29, 1.82) is 0 Å². The van der Waals surface area contributed by atoms with Crippen LogP contribution in [0, 0.1) is 18.8 Å². The van der Waals surface area contributed by atoms with E-state index < -0.39 is 11.9 Å². The number of nitrogens with one attached hydrogen (secondary N) is 1. The van der Waals surface area contributed by atoms with E-state index in [1.165, 1.54) is 0 Å². The van der Waals surface area contributed by atoms with Crippen molar-refractivity contribution in [2.45, 2.75) is 32.7 Å². The molecular formula is C21H24N2O5. The van der Waals surface area contributed by atoms with Gasteiger partial charge >= 0.3 is 5.97 Å². The first-order valence-corrected chi connectivity index (χ1v) is 9.44. The molecule has 1 N–H and O–H groups in total. The number of hydrogen-bond donors (Lipinski definition) is 1. The maximum absolute atomic E-state index is 12.3. The van der Waals surface area contributed by atoms with Crippen molar-refractivity contribution < 1.29 is 23.9 Å². The molecule has 1 aliphatic carbocycles. The quantitative estimate of drug-likeness (QED) is 0.437. The minimum Gasteiger partial charge on any atom is -0.456 e. The van der Waals surface area contributed by atoms with Gasteiger partial charge in [-0.1, -0.05) is 36.4 Å². The van der Waals surface area contributed by atoms with Crippen LogP contribution in [0.1, 0.15) is 30.4 Å². The molecule has 3 rings (SSSR count). The van der Waals surface area contributed by atoms with E-state index in [1.54, 1.807) is 0 Å². The van der Waals surface area contributed by atoms with Gasteiger partial charge in [-0.2, -0.15) is 0 Å². The third kappa shape index (κ3) is 4.47. The first-order chi connectivity index (χ1) is 13.5. The minimum atomic E-state index is -0.611. The highest BCUT2D eigenvalue weighted by Crippen LogP contribution is 2.34. The number of benzene rings is 1. The van der Waals surface area contributed by atoms with Crippen LogP contribution in [-0.2, 0) is 30.5 Å². The summed E-state index contributed by atoms with van der Waals surface area (Å²) in [6.07, 6.45) is 4.85. The van der Waals surface area contributed by atoms with Gasteiger partial charge in [0.15, 0.2) is 6.61 Å². The summed E-state index contributed by atoms with van der Waals surface area (Å²) in [5, 5.41) is 2.70. The number of rotatable bonds is 7. The maximum Gasteiger partial charge on any atom is 0.308 e. The highest BCUT2D eigenvalue weighted by molar-refractivity contribution is 6.05. The first kappa shape index (κ1) is 19.8. The number of carbonyl (C=O) groups excluding carboxylic acids is 4. The number of nitrogens with zero attached hydrogens (tertiary/aromatic N) is 1. The molecular weight excluding hydrogens is 360 g/mol. The van der Waals surface area contributed by atoms with E-state index in [0.717, 1.165) is 16.0 Å². The fraction of sp³-hybridized carbons (Fsp3) is 0.429. The number of fused-ring (bicyclic) bond motifs is 1. The smallest absolute Gasteiger partial charge is 0.308 e. The minimum absolute atomic E-state index is 0.00563. The number of imide groups is 1. The summed E-state index contributed by atoms with van der Waals surface area (Å²) in [5.74, 6) is -2.06. The van der Waals surface area contributed by atoms with Crippen LogP contribution in [0.15, 0.2) is 36.4 Å². The van der Waals surface area contributed by atoms with Crippen molar-refractivity contribution in [2.75, 3.05) is 13.2 Å². The summed E-state index contributed by atoms with van der Waals surface area (Å²) in [7, 11) is 0. The fourth-order valence-electron chi connectivity index (χ4n) is 3.56. The van der Waals surface area contributed by atoms with Crippen LogP contribution in [0.2, 0.25) is 0 Å². The van der Waals surface area contributed by atoms with Gasteiger partial charge in [-0.3, -0.25) is 24.1 Å². The van der Waals surface area contributed by atoms with E-state index >= 15 is 0 Å². The molecule has 2 atom stereocenters. The van der Waals surface area contributed by atoms with Crippen molar-refractivity contribution in [3.8, 4) is 0 Å². The lowest BCUT2D eigenvalue weighted by Crippen LogP contribution is -2.34. The molecule has 1 fully saturated rings. The van der Waals surface area contributed by atoms with Gasteiger partial charge in [0.05, 0.1) is 18.3 Å². The number of hydrogen-bond acceptors (Lipinski definition) is 5. The fourth-order valence-corrected chi connectivity index (χ4v) is 3.56. The monoisotopic (exact) mass is 384 g/mol. The third-order valence-corrected chi connectivity index (χ3v) is 5.24. The van der Waals surface area contributed by atoms with Crippen LogP contribution < -0.4 is 5.32 Å². The predicted octanol–water partition coefficient (Wildman–Crippen LogP) is 1.50. The molecule has 0 radical (unpaired) electrons. The van der Waals surface area contributed by atoms with Gasteiger partial charge in [0.2, 0.25) is 11.8 Å². The van der Waals surface area contributed by atoms with E-state index in [2.05, 4.69) is 5.32 Å². The van der Waals surface area contributed by atoms with E-state index in [9.17, 15) is 19.2 Å². The van der Waals surface area contributed by atoms with E-state index in [4.69, 9.17) is 4.74 Å². The van der Waals surface area contributed by atoms with Crippen LogP contribution >= 0.6 is 0 Å². The van der Waals surface area contributed by atoms with E-state index in [0.29, 0.717) is 19.4 Å². The van der Waals surface area contributed by atoms with Crippen molar-refractivity contribution >= 4 is 23.7 Å². The SMILES string of the molecule is Cc1ccccc1CNC(=O)COC(=O)CCN1C(=O)[C@H]2CC=CC[C@@H]2C1=O. The lowest BCUT2D eigenvalue weighted by Gasteiger charge is -2.14. The molecule has 1 heterocycles. The molecule has 1 aliphatic heterocycles. The summed E-state index contributed by atoms with van der Waals surface area (Å²) < 4.78 is 4.96. The van der Waals surface area contributed by atoms with Gasteiger partial charge in [0.1, 0.15) is 0 Å². The summed E-state index contributed by atoms with van der Waals surface area (Å²) in [5.41, 5.74) is 2.06. The van der Waals surface area contributed by atoms with Gasteiger partial charge in [0, 0.05) is 13.1 Å². The molecule has 0 saturated carbocycles.